The lowest BCUT2D eigenvalue weighted by atomic mass is 10.0. The minimum Gasteiger partial charge on any atom is -0.504 e. The Balaban J connectivity index is 1.66. The number of phenols is 1. The fourth-order valence-corrected chi connectivity index (χ4v) is 4.36. The molecule has 6 heteroatoms. The van der Waals surface area contributed by atoms with Gasteiger partial charge in [0.25, 0.3) is 0 Å². The SMILES string of the molecule is CCN1CCC(Nc2c3c(nc4cc(OCCC#N)c(O)cc24)CCC3)CC1. The Kier molecular flexibility index (Phi) is 5.54. The maximum atomic E-state index is 10.5. The highest BCUT2D eigenvalue weighted by Gasteiger charge is 2.24. The lowest BCUT2D eigenvalue weighted by Gasteiger charge is -2.32. The summed E-state index contributed by atoms with van der Waals surface area (Å²) in [6.45, 7) is 5.85. The van der Waals surface area contributed by atoms with Crippen LogP contribution in [0.3, 0.4) is 0 Å². The van der Waals surface area contributed by atoms with Gasteiger partial charge < -0.3 is 20.1 Å². The van der Waals surface area contributed by atoms with Crippen molar-refractivity contribution in [2.45, 2.75) is 51.5 Å². The monoisotopic (exact) mass is 380 g/mol. The summed E-state index contributed by atoms with van der Waals surface area (Å²) in [7, 11) is 0. The molecule has 2 aliphatic rings. The van der Waals surface area contributed by atoms with Crippen molar-refractivity contribution < 1.29 is 9.84 Å². The Morgan fingerprint density at radius 1 is 1.32 bits per heavy atom. The average molecular weight is 380 g/mol. The summed E-state index contributed by atoms with van der Waals surface area (Å²) in [6.07, 6.45) is 5.72. The zero-order chi connectivity index (χ0) is 19.5. The Hall–Kier alpha value is -2.52. The highest BCUT2D eigenvalue weighted by Crippen LogP contribution is 2.40. The van der Waals surface area contributed by atoms with Crippen LogP contribution in [0.4, 0.5) is 5.69 Å². The molecule has 1 aliphatic heterocycles. The number of aromatic nitrogens is 1. The van der Waals surface area contributed by atoms with Crippen molar-refractivity contribution in [3.63, 3.8) is 0 Å². The van der Waals surface area contributed by atoms with Crippen molar-refractivity contribution in [1.82, 2.24) is 9.88 Å². The van der Waals surface area contributed by atoms with E-state index < -0.39 is 0 Å². The van der Waals surface area contributed by atoms with E-state index in [9.17, 15) is 5.11 Å². The van der Waals surface area contributed by atoms with Gasteiger partial charge >= 0.3 is 0 Å². The van der Waals surface area contributed by atoms with Crippen LogP contribution >= 0.6 is 0 Å². The molecule has 1 fully saturated rings. The number of aryl methyl sites for hydroxylation is 1. The molecule has 148 valence electrons. The first kappa shape index (κ1) is 18.8. The van der Waals surface area contributed by atoms with Crippen LogP contribution in [0.15, 0.2) is 12.1 Å². The van der Waals surface area contributed by atoms with Crippen molar-refractivity contribution in [2.24, 2.45) is 0 Å². The molecular formula is C22H28N4O2. The second-order valence-corrected chi connectivity index (χ2v) is 7.71. The van der Waals surface area contributed by atoms with Crippen molar-refractivity contribution in [3.05, 3.63) is 23.4 Å². The molecule has 1 saturated heterocycles. The van der Waals surface area contributed by atoms with E-state index >= 15 is 0 Å². The van der Waals surface area contributed by atoms with Gasteiger partial charge in [0.05, 0.1) is 18.0 Å². The first-order valence-corrected chi connectivity index (χ1v) is 10.4. The molecule has 0 radical (unpaired) electrons. The van der Waals surface area contributed by atoms with Crippen LogP contribution in [-0.2, 0) is 12.8 Å². The van der Waals surface area contributed by atoms with Gasteiger partial charge in [-0.25, -0.2) is 0 Å². The summed E-state index contributed by atoms with van der Waals surface area (Å²) in [5.74, 6) is 0.504. The second-order valence-electron chi connectivity index (χ2n) is 7.71. The zero-order valence-corrected chi connectivity index (χ0v) is 16.5. The first-order valence-electron chi connectivity index (χ1n) is 10.4. The van der Waals surface area contributed by atoms with Crippen LogP contribution in [0.2, 0.25) is 0 Å². The number of piperidine rings is 1. The van der Waals surface area contributed by atoms with Gasteiger partial charge in [-0.2, -0.15) is 5.26 Å². The molecule has 28 heavy (non-hydrogen) atoms. The van der Waals surface area contributed by atoms with E-state index in [1.165, 1.54) is 5.56 Å². The number of hydrogen-bond acceptors (Lipinski definition) is 6. The molecule has 1 aromatic carbocycles. The van der Waals surface area contributed by atoms with E-state index in [0.29, 0.717) is 18.2 Å². The number of aromatic hydroxyl groups is 1. The van der Waals surface area contributed by atoms with Gasteiger partial charge in [-0.1, -0.05) is 6.92 Å². The summed E-state index contributed by atoms with van der Waals surface area (Å²) in [5, 5.41) is 24.0. The van der Waals surface area contributed by atoms with Crippen LogP contribution in [0.5, 0.6) is 11.5 Å². The Labute approximate surface area is 166 Å². The van der Waals surface area contributed by atoms with E-state index in [2.05, 4.69) is 23.2 Å². The molecule has 4 rings (SSSR count). The molecular weight excluding hydrogens is 352 g/mol. The lowest BCUT2D eigenvalue weighted by Crippen LogP contribution is -2.39. The third-order valence-corrected chi connectivity index (χ3v) is 5.95. The second kappa shape index (κ2) is 8.24. The number of fused-ring (bicyclic) bond motifs is 2. The summed E-state index contributed by atoms with van der Waals surface area (Å²) in [5.41, 5.74) is 4.46. The Morgan fingerprint density at radius 2 is 2.14 bits per heavy atom. The molecule has 2 aromatic rings. The molecule has 0 bridgehead atoms. The van der Waals surface area contributed by atoms with Crippen LogP contribution in [0.1, 0.15) is 43.9 Å². The number of nitriles is 1. The van der Waals surface area contributed by atoms with Crippen LogP contribution in [0, 0.1) is 11.3 Å². The number of nitrogens with zero attached hydrogens (tertiary/aromatic N) is 3. The van der Waals surface area contributed by atoms with Gasteiger partial charge in [-0.05, 0) is 50.3 Å². The predicted octanol–water partition coefficient (Wildman–Crippen LogP) is 3.62. The van der Waals surface area contributed by atoms with Crippen LogP contribution < -0.4 is 10.1 Å². The third kappa shape index (κ3) is 3.72. The summed E-state index contributed by atoms with van der Waals surface area (Å²) in [6, 6.07) is 6.09. The topological polar surface area (TPSA) is 81.4 Å². The van der Waals surface area contributed by atoms with Crippen molar-refractivity contribution >= 4 is 16.6 Å². The number of nitrogens with one attached hydrogen (secondary N) is 1. The van der Waals surface area contributed by atoms with Gasteiger partial charge in [-0.3, -0.25) is 4.98 Å². The van der Waals surface area contributed by atoms with Crippen LogP contribution in [0.25, 0.3) is 10.9 Å². The maximum absolute atomic E-state index is 10.5. The third-order valence-electron chi connectivity index (χ3n) is 5.95. The quantitative estimate of drug-likeness (QED) is 0.745. The average Bonchev–Trinajstić information content (AvgIpc) is 3.18. The number of anilines is 1. The fraction of sp³-hybridized carbons (Fsp3) is 0.545. The van der Waals surface area contributed by atoms with Gasteiger partial charge in [0, 0.05) is 42.0 Å². The van der Waals surface area contributed by atoms with E-state index in [0.717, 1.165) is 74.0 Å². The lowest BCUT2D eigenvalue weighted by molar-refractivity contribution is 0.229. The number of hydrogen-bond donors (Lipinski definition) is 2. The minimum absolute atomic E-state index is 0.106. The van der Waals surface area contributed by atoms with Crippen molar-refractivity contribution in [3.8, 4) is 17.6 Å². The Morgan fingerprint density at radius 3 is 2.89 bits per heavy atom. The van der Waals surface area contributed by atoms with Gasteiger partial charge in [0.1, 0.15) is 6.61 Å². The highest BCUT2D eigenvalue weighted by molar-refractivity contribution is 5.96. The largest absolute Gasteiger partial charge is 0.504 e. The van der Waals surface area contributed by atoms with E-state index in [1.807, 2.05) is 6.07 Å². The van der Waals surface area contributed by atoms with Gasteiger partial charge in [0.15, 0.2) is 11.5 Å². The zero-order valence-electron chi connectivity index (χ0n) is 16.5. The summed E-state index contributed by atoms with van der Waals surface area (Å²) >= 11 is 0. The predicted molar refractivity (Wildman–Crippen MR) is 110 cm³/mol. The Bertz CT molecular complexity index is 898. The molecule has 0 spiro atoms. The van der Waals surface area contributed by atoms with E-state index in [-0.39, 0.29) is 12.4 Å². The molecule has 0 atom stereocenters. The van der Waals surface area contributed by atoms with Crippen molar-refractivity contribution in [2.75, 3.05) is 31.6 Å². The fourth-order valence-electron chi connectivity index (χ4n) is 4.36. The molecule has 2 N–H and O–H groups in total. The van der Waals surface area contributed by atoms with Gasteiger partial charge in [0.2, 0.25) is 0 Å². The normalized spacial score (nSPS) is 17.4. The summed E-state index contributed by atoms with van der Waals surface area (Å²) < 4.78 is 5.58. The van der Waals surface area contributed by atoms with E-state index in [4.69, 9.17) is 15.0 Å². The van der Waals surface area contributed by atoms with Gasteiger partial charge in [-0.15, -0.1) is 0 Å². The number of likely N-dealkylation sites (tertiary alicyclic amines) is 1. The molecule has 2 heterocycles. The van der Waals surface area contributed by atoms with E-state index in [1.54, 1.807) is 6.07 Å². The molecule has 0 saturated carbocycles. The number of benzene rings is 1. The molecule has 1 aliphatic carbocycles. The highest BCUT2D eigenvalue weighted by atomic mass is 16.5. The molecule has 0 amide bonds. The number of phenolic OH excluding ortho intramolecular Hbond substituents is 1. The number of pyridine rings is 1. The number of rotatable bonds is 6. The summed E-state index contributed by atoms with van der Waals surface area (Å²) in [4.78, 5) is 7.35. The minimum atomic E-state index is 0.106. The standard InChI is InChI=1S/C22H28N4O2/c1-2-26-10-7-15(8-11-26)24-22-16-5-3-6-18(16)25-19-14-21(28-12-4-9-23)20(27)13-17(19)22/h13-15,27H,2-8,10-12H2,1H3,(H,24,25). The first-order chi connectivity index (χ1) is 13.7. The smallest absolute Gasteiger partial charge is 0.163 e. The maximum Gasteiger partial charge on any atom is 0.163 e. The molecule has 0 unspecified atom stereocenters. The molecule has 6 nitrogen and oxygen atoms in total. The molecule has 1 aromatic heterocycles. The van der Waals surface area contributed by atoms with Crippen molar-refractivity contribution in [1.29, 1.82) is 5.26 Å². The van der Waals surface area contributed by atoms with Crippen LogP contribution in [-0.4, -0.2) is 47.3 Å². The number of ether oxygens (including phenoxy) is 1.